The zero-order valence-corrected chi connectivity index (χ0v) is 15.6. The summed E-state index contributed by atoms with van der Waals surface area (Å²) in [4.78, 5) is 20.3. The number of hydrogen-bond donors (Lipinski definition) is 1. The Morgan fingerprint density at radius 2 is 1.93 bits per heavy atom. The van der Waals surface area contributed by atoms with Crippen LogP contribution in [0.15, 0.2) is 23.4 Å². The van der Waals surface area contributed by atoms with Gasteiger partial charge in [0, 0.05) is 24.8 Å². The number of nitrogens with zero attached hydrogens (tertiary/aromatic N) is 5. The minimum Gasteiger partial charge on any atom is -0.379 e. The molecule has 28 heavy (non-hydrogen) atoms. The van der Waals surface area contributed by atoms with E-state index in [9.17, 15) is 23.1 Å². The lowest BCUT2D eigenvalue weighted by Gasteiger charge is -2.24. The molecule has 7 nitrogen and oxygen atoms in total. The van der Waals surface area contributed by atoms with E-state index in [1.165, 1.54) is 29.5 Å². The van der Waals surface area contributed by atoms with Crippen LogP contribution >= 0.6 is 11.6 Å². The molecule has 4 rings (SSSR count). The van der Waals surface area contributed by atoms with Crippen molar-refractivity contribution in [3.8, 4) is 0 Å². The molecule has 0 aromatic carbocycles. The van der Waals surface area contributed by atoms with Crippen molar-refractivity contribution in [2.45, 2.75) is 37.6 Å². The van der Waals surface area contributed by atoms with Crippen molar-refractivity contribution in [3.63, 3.8) is 0 Å². The summed E-state index contributed by atoms with van der Waals surface area (Å²) in [6.45, 7) is 1.36. The predicted molar refractivity (Wildman–Crippen MR) is 94.0 cm³/mol. The smallest absolute Gasteiger partial charge is 0.379 e. The highest BCUT2D eigenvalue weighted by molar-refractivity contribution is 6.31. The van der Waals surface area contributed by atoms with Crippen molar-refractivity contribution in [1.29, 1.82) is 0 Å². The van der Waals surface area contributed by atoms with Crippen LogP contribution in [0.3, 0.4) is 0 Å². The predicted octanol–water partition coefficient (Wildman–Crippen LogP) is 2.79. The number of fused-ring (bicyclic) bond motifs is 1. The average Bonchev–Trinajstić information content (AvgIpc) is 3.36. The van der Waals surface area contributed by atoms with Gasteiger partial charge in [0.1, 0.15) is 16.8 Å². The van der Waals surface area contributed by atoms with E-state index in [4.69, 9.17) is 11.6 Å². The Balaban J connectivity index is 1.87. The van der Waals surface area contributed by atoms with E-state index in [1.54, 1.807) is 0 Å². The van der Waals surface area contributed by atoms with E-state index in [2.05, 4.69) is 15.1 Å². The van der Waals surface area contributed by atoms with Gasteiger partial charge in [-0.05, 0) is 25.8 Å². The van der Waals surface area contributed by atoms with Crippen LogP contribution in [-0.4, -0.2) is 29.4 Å². The molecule has 1 saturated carbocycles. The molecule has 0 amide bonds. The molecule has 3 aromatic rings. The second-order valence-electron chi connectivity index (χ2n) is 6.98. The van der Waals surface area contributed by atoms with E-state index in [0.717, 1.165) is 25.1 Å². The van der Waals surface area contributed by atoms with Crippen molar-refractivity contribution < 1.29 is 18.3 Å². The lowest BCUT2D eigenvalue weighted by atomic mass is 9.92. The van der Waals surface area contributed by atoms with Crippen molar-refractivity contribution in [1.82, 2.24) is 24.3 Å². The summed E-state index contributed by atoms with van der Waals surface area (Å²) in [5.74, 6) is 0. The van der Waals surface area contributed by atoms with Crippen LogP contribution in [0.5, 0.6) is 0 Å². The fourth-order valence-electron chi connectivity index (χ4n) is 3.28. The molecular formula is C17H15ClF3N5O2. The first-order valence-corrected chi connectivity index (χ1v) is 8.79. The van der Waals surface area contributed by atoms with Crippen molar-refractivity contribution >= 4 is 22.6 Å². The van der Waals surface area contributed by atoms with Gasteiger partial charge in [0.05, 0.1) is 11.3 Å². The van der Waals surface area contributed by atoms with Gasteiger partial charge in [-0.1, -0.05) is 11.6 Å². The summed E-state index contributed by atoms with van der Waals surface area (Å²) in [6.07, 6.45) is -0.628. The fourth-order valence-corrected chi connectivity index (χ4v) is 3.56. The second-order valence-corrected chi connectivity index (χ2v) is 7.39. The molecule has 1 aliphatic rings. The summed E-state index contributed by atoms with van der Waals surface area (Å²) < 4.78 is 41.5. The Labute approximate surface area is 161 Å². The topological polar surface area (TPSA) is 85.8 Å². The molecule has 3 aromatic heterocycles. The van der Waals surface area contributed by atoms with Gasteiger partial charge >= 0.3 is 6.18 Å². The van der Waals surface area contributed by atoms with E-state index >= 15 is 0 Å². The van der Waals surface area contributed by atoms with Crippen LogP contribution < -0.4 is 5.56 Å². The minimum atomic E-state index is -4.71. The lowest BCUT2D eigenvalue weighted by molar-refractivity contribution is -0.141. The number of aryl methyl sites for hydroxylation is 1. The zero-order chi connectivity index (χ0) is 20.4. The molecule has 1 atom stereocenters. The molecule has 0 unspecified atom stereocenters. The third kappa shape index (κ3) is 2.87. The molecule has 148 valence electrons. The molecular weight excluding hydrogens is 399 g/mol. The Bertz CT molecular complexity index is 1150. The molecule has 0 radical (unpaired) electrons. The van der Waals surface area contributed by atoms with Crippen LogP contribution in [0.2, 0.25) is 5.02 Å². The van der Waals surface area contributed by atoms with Crippen molar-refractivity contribution in [3.05, 3.63) is 50.9 Å². The number of aliphatic hydroxyl groups is 1. The highest BCUT2D eigenvalue weighted by Gasteiger charge is 2.39. The fraction of sp³-hybridized carbons (Fsp3) is 0.412. The van der Waals surface area contributed by atoms with E-state index in [-0.39, 0.29) is 33.9 Å². The van der Waals surface area contributed by atoms with Gasteiger partial charge in [0.15, 0.2) is 11.2 Å². The first kappa shape index (κ1) is 18.9. The quantitative estimate of drug-likeness (QED) is 0.713. The molecule has 3 heterocycles. The normalized spacial score (nSPS) is 17.1. The van der Waals surface area contributed by atoms with Crippen LogP contribution in [0.4, 0.5) is 13.2 Å². The van der Waals surface area contributed by atoms with Gasteiger partial charge < -0.3 is 5.11 Å². The summed E-state index contributed by atoms with van der Waals surface area (Å²) in [7, 11) is 1.52. The second kappa shape index (κ2) is 6.02. The van der Waals surface area contributed by atoms with Gasteiger partial charge in [0.25, 0.3) is 5.56 Å². The summed E-state index contributed by atoms with van der Waals surface area (Å²) in [6, 6.07) is 1.11. The van der Waals surface area contributed by atoms with Crippen LogP contribution in [0.25, 0.3) is 11.0 Å². The van der Waals surface area contributed by atoms with Gasteiger partial charge in [-0.3, -0.25) is 14.0 Å². The van der Waals surface area contributed by atoms with Gasteiger partial charge in [0.2, 0.25) is 0 Å². The number of aromatic nitrogens is 5. The third-order valence-corrected chi connectivity index (χ3v) is 5.13. The van der Waals surface area contributed by atoms with Crippen molar-refractivity contribution in [2.24, 2.45) is 7.05 Å². The van der Waals surface area contributed by atoms with E-state index in [0.29, 0.717) is 0 Å². The maximum atomic E-state index is 12.9. The highest BCUT2D eigenvalue weighted by Crippen LogP contribution is 2.38. The van der Waals surface area contributed by atoms with Gasteiger partial charge in [-0.25, -0.2) is 9.97 Å². The highest BCUT2D eigenvalue weighted by atomic mass is 35.5. The molecule has 1 fully saturated rings. The largest absolute Gasteiger partial charge is 0.434 e. The van der Waals surface area contributed by atoms with Crippen LogP contribution in [0.1, 0.15) is 42.8 Å². The third-order valence-electron chi connectivity index (χ3n) is 4.84. The maximum Gasteiger partial charge on any atom is 0.434 e. The lowest BCUT2D eigenvalue weighted by Crippen LogP contribution is -2.27. The molecule has 11 heteroatoms. The molecule has 0 aliphatic heterocycles. The van der Waals surface area contributed by atoms with Crippen LogP contribution in [0, 0.1) is 0 Å². The summed E-state index contributed by atoms with van der Waals surface area (Å²) in [5.41, 5.74) is -2.98. The summed E-state index contributed by atoms with van der Waals surface area (Å²) >= 11 is 5.74. The average molecular weight is 414 g/mol. The summed E-state index contributed by atoms with van der Waals surface area (Å²) in [5, 5.41) is 14.7. The van der Waals surface area contributed by atoms with Crippen LogP contribution in [-0.2, 0) is 18.8 Å². The van der Waals surface area contributed by atoms with E-state index in [1.807, 2.05) is 0 Å². The monoisotopic (exact) mass is 413 g/mol. The number of hydrogen-bond acceptors (Lipinski definition) is 5. The van der Waals surface area contributed by atoms with Gasteiger partial charge in [-0.2, -0.15) is 18.3 Å². The Kier molecular flexibility index (Phi) is 4.06. The molecule has 0 bridgehead atoms. The minimum absolute atomic E-state index is 0.0172. The Morgan fingerprint density at radius 1 is 1.25 bits per heavy atom. The number of alkyl halides is 3. The number of halogens is 4. The molecule has 1 aliphatic carbocycles. The standard InChI is InChI=1S/C17H15ClF3N5O2/c1-16(28,8-5-10(18)13(22-6-8)17(19,20)21)14-11-12(24-25(14)2)15(27)26(7-23-11)9-3-4-9/h5-7,9,28H,3-4H2,1-2H3/t16-/m1/s1. The van der Waals surface area contributed by atoms with Crippen molar-refractivity contribution in [2.75, 3.05) is 0 Å². The molecule has 0 saturated heterocycles. The SMILES string of the molecule is Cn1nc2c(=O)n(C3CC3)cnc2c1[C@](C)(O)c1cnc(C(F)(F)F)c(Cl)c1. The number of pyridine rings is 1. The molecule has 0 spiro atoms. The van der Waals surface area contributed by atoms with Gasteiger partial charge in [-0.15, -0.1) is 0 Å². The first-order valence-electron chi connectivity index (χ1n) is 8.41. The maximum absolute atomic E-state index is 12.9. The van der Waals surface area contributed by atoms with E-state index < -0.39 is 22.5 Å². The Hall–Kier alpha value is -2.46. The molecule has 1 N–H and O–H groups in total. The zero-order valence-electron chi connectivity index (χ0n) is 14.8. The number of rotatable bonds is 3. The Morgan fingerprint density at radius 3 is 2.50 bits per heavy atom. The first-order chi connectivity index (χ1) is 13.0.